The number of aromatic amines is 2. The van der Waals surface area contributed by atoms with Crippen molar-refractivity contribution in [3.8, 4) is 0 Å². The van der Waals surface area contributed by atoms with Crippen LogP contribution in [0, 0.1) is 0 Å². The van der Waals surface area contributed by atoms with Crippen LogP contribution in [-0.4, -0.2) is 27.9 Å². The van der Waals surface area contributed by atoms with E-state index in [4.69, 9.17) is 0 Å². The van der Waals surface area contributed by atoms with E-state index in [-0.39, 0.29) is 11.6 Å². The van der Waals surface area contributed by atoms with Crippen LogP contribution in [0.15, 0.2) is 17.1 Å². The number of carbonyl (C=O) groups excluding carboxylic acids is 1. The van der Waals surface area contributed by atoms with Crippen LogP contribution in [0.1, 0.15) is 10.4 Å². The topological polar surface area (TPSA) is 90.6 Å². The van der Waals surface area contributed by atoms with Crippen LogP contribution < -0.4 is 11.0 Å². The van der Waals surface area contributed by atoms with Crippen molar-refractivity contribution in [1.29, 1.82) is 0 Å². The van der Waals surface area contributed by atoms with Crippen LogP contribution in [0.2, 0.25) is 0 Å². The van der Waals surface area contributed by atoms with Gasteiger partial charge in [0.15, 0.2) is 5.65 Å². The fourth-order valence-electron chi connectivity index (χ4n) is 1.19. The number of aromatic nitrogens is 3. The van der Waals surface area contributed by atoms with Gasteiger partial charge in [0.1, 0.15) is 0 Å². The Labute approximate surface area is 78.4 Å². The molecule has 14 heavy (non-hydrogen) atoms. The highest BCUT2D eigenvalue weighted by Gasteiger charge is 2.06. The maximum absolute atomic E-state index is 11.2. The zero-order valence-electron chi connectivity index (χ0n) is 7.42. The summed E-state index contributed by atoms with van der Waals surface area (Å²) < 4.78 is 0. The fraction of sp³-hybridized carbons (Fsp3) is 0.125. The monoisotopic (exact) mass is 192 g/mol. The lowest BCUT2D eigenvalue weighted by Gasteiger charge is -1.97. The summed E-state index contributed by atoms with van der Waals surface area (Å²) in [4.78, 5) is 31.0. The van der Waals surface area contributed by atoms with Gasteiger partial charge in [-0.3, -0.25) is 9.78 Å². The molecule has 0 bridgehead atoms. The second kappa shape index (κ2) is 2.99. The molecule has 72 valence electrons. The van der Waals surface area contributed by atoms with Gasteiger partial charge < -0.3 is 10.3 Å². The number of imidazole rings is 1. The predicted molar refractivity (Wildman–Crippen MR) is 50.1 cm³/mol. The van der Waals surface area contributed by atoms with Crippen molar-refractivity contribution in [3.63, 3.8) is 0 Å². The summed E-state index contributed by atoms with van der Waals surface area (Å²) in [6, 6.07) is 1.57. The van der Waals surface area contributed by atoms with Gasteiger partial charge in [0.2, 0.25) is 0 Å². The molecule has 2 rings (SSSR count). The Morgan fingerprint density at radius 1 is 1.50 bits per heavy atom. The first kappa shape index (κ1) is 8.49. The third-order valence-corrected chi connectivity index (χ3v) is 1.86. The maximum Gasteiger partial charge on any atom is 0.325 e. The Morgan fingerprint density at radius 3 is 3.00 bits per heavy atom. The summed E-state index contributed by atoms with van der Waals surface area (Å²) in [7, 11) is 1.53. The molecule has 0 unspecified atom stereocenters. The Balaban J connectivity index is 2.61. The van der Waals surface area contributed by atoms with E-state index in [1.54, 1.807) is 6.07 Å². The Kier molecular flexibility index (Phi) is 1.81. The number of H-pyrrole nitrogens is 2. The molecule has 1 amide bonds. The lowest BCUT2D eigenvalue weighted by Crippen LogP contribution is -2.17. The number of amides is 1. The molecular formula is C8H8N4O2. The Morgan fingerprint density at radius 2 is 2.29 bits per heavy atom. The van der Waals surface area contributed by atoms with Crippen LogP contribution in [0.5, 0.6) is 0 Å². The number of pyridine rings is 1. The van der Waals surface area contributed by atoms with Crippen LogP contribution in [0.4, 0.5) is 0 Å². The summed E-state index contributed by atoms with van der Waals surface area (Å²) in [5.74, 6) is -0.235. The lowest BCUT2D eigenvalue weighted by molar-refractivity contribution is 0.0963. The summed E-state index contributed by atoms with van der Waals surface area (Å²) in [5, 5.41) is 2.47. The van der Waals surface area contributed by atoms with E-state index >= 15 is 0 Å². The third-order valence-electron chi connectivity index (χ3n) is 1.86. The first-order valence-electron chi connectivity index (χ1n) is 4.01. The Bertz CT molecular complexity index is 540. The minimum absolute atomic E-state index is 0.235. The Hall–Kier alpha value is -2.11. The summed E-state index contributed by atoms with van der Waals surface area (Å²) >= 11 is 0. The SMILES string of the molecule is CNC(=O)c1cnc2[nH]c(=O)[nH]c2c1. The highest BCUT2D eigenvalue weighted by molar-refractivity contribution is 5.96. The van der Waals surface area contributed by atoms with Gasteiger partial charge in [-0.15, -0.1) is 0 Å². The largest absolute Gasteiger partial charge is 0.355 e. The molecule has 6 heteroatoms. The van der Waals surface area contributed by atoms with Crippen LogP contribution in [0.3, 0.4) is 0 Å². The molecule has 6 nitrogen and oxygen atoms in total. The molecule has 0 spiro atoms. The molecule has 0 saturated heterocycles. The second-order valence-electron chi connectivity index (χ2n) is 2.78. The number of nitrogens with zero attached hydrogens (tertiary/aromatic N) is 1. The molecule has 0 saturated carbocycles. The number of carbonyl (C=O) groups is 1. The van der Waals surface area contributed by atoms with E-state index in [0.29, 0.717) is 16.7 Å². The normalized spacial score (nSPS) is 10.4. The van der Waals surface area contributed by atoms with Gasteiger partial charge in [0, 0.05) is 13.2 Å². The highest BCUT2D eigenvalue weighted by Crippen LogP contribution is 2.06. The van der Waals surface area contributed by atoms with Crippen molar-refractivity contribution >= 4 is 17.1 Å². The van der Waals surface area contributed by atoms with E-state index in [1.165, 1.54) is 13.2 Å². The fourth-order valence-corrected chi connectivity index (χ4v) is 1.19. The minimum Gasteiger partial charge on any atom is -0.355 e. The quantitative estimate of drug-likeness (QED) is 0.574. The molecule has 0 aliphatic rings. The number of rotatable bonds is 1. The van der Waals surface area contributed by atoms with Gasteiger partial charge in [-0.2, -0.15) is 0 Å². The van der Waals surface area contributed by atoms with Gasteiger partial charge in [-0.05, 0) is 6.07 Å². The molecule has 0 radical (unpaired) electrons. The summed E-state index contributed by atoms with van der Waals surface area (Å²) in [6.45, 7) is 0. The smallest absolute Gasteiger partial charge is 0.325 e. The van der Waals surface area contributed by atoms with Crippen molar-refractivity contribution in [3.05, 3.63) is 28.3 Å². The summed E-state index contributed by atoms with van der Waals surface area (Å²) in [5.41, 5.74) is 1.05. The second-order valence-corrected chi connectivity index (χ2v) is 2.78. The van der Waals surface area contributed by atoms with E-state index in [0.717, 1.165) is 0 Å². The lowest BCUT2D eigenvalue weighted by atomic mass is 10.2. The molecule has 0 aromatic carbocycles. The number of nitrogens with one attached hydrogen (secondary N) is 3. The average Bonchev–Trinajstić information content (AvgIpc) is 2.55. The van der Waals surface area contributed by atoms with Crippen molar-refractivity contribution < 1.29 is 4.79 Å². The van der Waals surface area contributed by atoms with Crippen LogP contribution >= 0.6 is 0 Å². The minimum atomic E-state index is -0.332. The molecule has 0 aliphatic carbocycles. The molecule has 0 atom stereocenters. The van der Waals surface area contributed by atoms with Crippen molar-refractivity contribution in [2.75, 3.05) is 7.05 Å². The van der Waals surface area contributed by atoms with E-state index in [1.807, 2.05) is 0 Å². The summed E-state index contributed by atoms with van der Waals surface area (Å²) in [6.07, 6.45) is 1.41. The molecule has 2 heterocycles. The highest BCUT2D eigenvalue weighted by atomic mass is 16.1. The zero-order valence-corrected chi connectivity index (χ0v) is 7.42. The first-order valence-corrected chi connectivity index (χ1v) is 4.01. The van der Waals surface area contributed by atoms with E-state index in [2.05, 4.69) is 20.3 Å². The van der Waals surface area contributed by atoms with Crippen molar-refractivity contribution in [1.82, 2.24) is 20.3 Å². The zero-order chi connectivity index (χ0) is 10.1. The van der Waals surface area contributed by atoms with Gasteiger partial charge in [-0.25, -0.2) is 9.78 Å². The molecule has 0 aliphatic heterocycles. The van der Waals surface area contributed by atoms with Gasteiger partial charge >= 0.3 is 5.69 Å². The third kappa shape index (κ3) is 1.26. The van der Waals surface area contributed by atoms with Gasteiger partial charge in [0.05, 0.1) is 11.1 Å². The van der Waals surface area contributed by atoms with Gasteiger partial charge in [-0.1, -0.05) is 0 Å². The van der Waals surface area contributed by atoms with Crippen molar-refractivity contribution in [2.45, 2.75) is 0 Å². The first-order chi connectivity index (χ1) is 6.70. The van der Waals surface area contributed by atoms with Crippen LogP contribution in [-0.2, 0) is 0 Å². The van der Waals surface area contributed by atoms with Crippen LogP contribution in [0.25, 0.3) is 11.2 Å². The molecule has 0 fully saturated rings. The molecule has 3 N–H and O–H groups in total. The maximum atomic E-state index is 11.2. The number of hydrogen-bond donors (Lipinski definition) is 3. The van der Waals surface area contributed by atoms with E-state index in [9.17, 15) is 9.59 Å². The van der Waals surface area contributed by atoms with Gasteiger partial charge in [0.25, 0.3) is 5.91 Å². The predicted octanol–water partition coefficient (Wildman–Crippen LogP) is -0.389. The number of fused-ring (bicyclic) bond motifs is 1. The standard InChI is InChI=1S/C8H8N4O2/c1-9-7(13)4-2-5-6(10-3-4)12-8(14)11-5/h2-3H,1H3,(H,9,13)(H2,10,11,12,14). The molecule has 2 aromatic heterocycles. The van der Waals surface area contributed by atoms with Crippen molar-refractivity contribution in [2.24, 2.45) is 0 Å². The van der Waals surface area contributed by atoms with E-state index < -0.39 is 0 Å². The molecular weight excluding hydrogens is 184 g/mol. The number of hydrogen-bond acceptors (Lipinski definition) is 3. The molecule has 2 aromatic rings. The average molecular weight is 192 g/mol.